The van der Waals surface area contributed by atoms with Gasteiger partial charge in [0.25, 0.3) is 0 Å². The van der Waals surface area contributed by atoms with Gasteiger partial charge in [-0.25, -0.2) is 9.00 Å². The third kappa shape index (κ3) is 5.02. The lowest BCUT2D eigenvalue weighted by molar-refractivity contribution is 0.134. The monoisotopic (exact) mass is 430 g/mol. The van der Waals surface area contributed by atoms with Crippen molar-refractivity contribution >= 4 is 28.4 Å². The highest BCUT2D eigenvalue weighted by Gasteiger charge is 2.23. The number of carbonyl (C=O) groups excluding carboxylic acids is 1. The van der Waals surface area contributed by atoms with Crippen LogP contribution in [0.1, 0.15) is 24.0 Å². The van der Waals surface area contributed by atoms with Crippen molar-refractivity contribution in [2.24, 2.45) is 0 Å². The summed E-state index contributed by atoms with van der Waals surface area (Å²) in [7, 11) is -1.19. The molecule has 9 heteroatoms. The van der Waals surface area contributed by atoms with Gasteiger partial charge in [-0.1, -0.05) is 6.07 Å². The number of benzene rings is 1. The molecule has 0 spiro atoms. The summed E-state index contributed by atoms with van der Waals surface area (Å²) in [5.41, 5.74) is 4.56. The molecule has 0 bridgehead atoms. The molecule has 3 heterocycles. The van der Waals surface area contributed by atoms with Crippen molar-refractivity contribution in [1.82, 2.24) is 19.6 Å². The van der Waals surface area contributed by atoms with Crippen LogP contribution in [0.5, 0.6) is 0 Å². The molecule has 2 aliphatic rings. The third-order valence-electron chi connectivity index (χ3n) is 5.68. The van der Waals surface area contributed by atoms with Gasteiger partial charge < -0.3 is 14.5 Å². The molecule has 162 valence electrons. The summed E-state index contributed by atoms with van der Waals surface area (Å²) < 4.78 is 15.3. The lowest BCUT2D eigenvalue weighted by Crippen LogP contribution is -2.49. The van der Waals surface area contributed by atoms with E-state index in [0.717, 1.165) is 32.7 Å². The first-order chi connectivity index (χ1) is 14.5. The van der Waals surface area contributed by atoms with E-state index in [4.69, 9.17) is 0 Å². The molecule has 1 aromatic carbocycles. The Morgan fingerprint density at radius 1 is 1.10 bits per heavy atom. The maximum absolute atomic E-state index is 12.7. The topological polar surface area (TPSA) is 73.7 Å². The average Bonchev–Trinajstić information content (AvgIpc) is 3.39. The fourth-order valence-corrected chi connectivity index (χ4v) is 4.67. The second-order valence-corrected chi connectivity index (χ2v) is 9.26. The number of hydrogen-bond acceptors (Lipinski definition) is 5. The Bertz CT molecular complexity index is 916. The normalized spacial score (nSPS) is 18.6. The number of aryl methyl sites for hydroxylation is 1. The Labute approximate surface area is 180 Å². The van der Waals surface area contributed by atoms with Crippen LogP contribution in [0.25, 0.3) is 0 Å². The van der Waals surface area contributed by atoms with Crippen molar-refractivity contribution in [2.45, 2.75) is 26.3 Å². The quantitative estimate of drug-likeness (QED) is 0.788. The smallest absolute Gasteiger partial charge is 0.344 e. The fourth-order valence-electron chi connectivity index (χ4n) is 4.24. The number of nitrogens with one attached hydrogen (secondary N) is 1. The molecule has 1 aromatic heterocycles. The minimum atomic E-state index is -1.19. The van der Waals surface area contributed by atoms with E-state index in [-0.39, 0.29) is 6.03 Å². The zero-order chi connectivity index (χ0) is 21.1. The van der Waals surface area contributed by atoms with Crippen molar-refractivity contribution < 1.29 is 9.00 Å². The number of nitrogens with zero attached hydrogens (tertiary/aromatic N) is 5. The van der Waals surface area contributed by atoms with Crippen LogP contribution in [0.2, 0.25) is 0 Å². The predicted molar refractivity (Wildman–Crippen MR) is 120 cm³/mol. The summed E-state index contributed by atoms with van der Waals surface area (Å²) in [6.45, 7) is 8.40. The van der Waals surface area contributed by atoms with Gasteiger partial charge >= 0.3 is 6.03 Å². The van der Waals surface area contributed by atoms with E-state index in [1.807, 2.05) is 4.90 Å². The first-order valence-corrected chi connectivity index (χ1v) is 12.1. The number of hydrogen-bond donors (Lipinski definition) is 1. The molecular formula is C21H30N6O2S. The van der Waals surface area contributed by atoms with Gasteiger partial charge in [-0.2, -0.15) is 9.78 Å². The van der Waals surface area contributed by atoms with Gasteiger partial charge in [0, 0.05) is 57.8 Å². The van der Waals surface area contributed by atoms with Gasteiger partial charge in [0.05, 0.1) is 18.1 Å². The molecule has 0 aliphatic carbocycles. The van der Waals surface area contributed by atoms with Crippen LogP contribution in [-0.4, -0.2) is 75.3 Å². The fraction of sp³-hybridized carbons (Fsp3) is 0.524. The van der Waals surface area contributed by atoms with Crippen LogP contribution in [0.4, 0.5) is 16.2 Å². The van der Waals surface area contributed by atoms with Gasteiger partial charge in [0.2, 0.25) is 0 Å². The first-order valence-electron chi connectivity index (χ1n) is 10.5. The lowest BCUT2D eigenvalue weighted by Gasteiger charge is -2.34. The van der Waals surface area contributed by atoms with Crippen molar-refractivity contribution in [3.8, 4) is 0 Å². The van der Waals surface area contributed by atoms with E-state index in [1.54, 1.807) is 12.5 Å². The van der Waals surface area contributed by atoms with E-state index < -0.39 is 11.0 Å². The maximum atomic E-state index is 12.7. The van der Waals surface area contributed by atoms with Crippen LogP contribution < -0.4 is 9.62 Å². The van der Waals surface area contributed by atoms with Crippen LogP contribution in [-0.2, 0) is 17.5 Å². The molecule has 1 N–H and O–H groups in total. The molecular weight excluding hydrogens is 400 g/mol. The SMILES string of the molecule is Cc1cc(CN2CCN(C(=O)n3cc(NS(C)=O)cn3)CC2)cc(N2CCCC2)c1. The Morgan fingerprint density at radius 3 is 2.53 bits per heavy atom. The van der Waals surface area contributed by atoms with Gasteiger partial charge in [-0.05, 0) is 43.0 Å². The molecule has 1 amide bonds. The summed E-state index contributed by atoms with van der Waals surface area (Å²) in [6, 6.07) is 6.74. The zero-order valence-corrected chi connectivity index (χ0v) is 18.5. The molecule has 2 aliphatic heterocycles. The van der Waals surface area contributed by atoms with E-state index in [1.165, 1.54) is 40.5 Å². The standard InChI is InChI=1S/C21H30N6O2S/c1-17-11-18(13-20(12-17)25-5-3-4-6-25)15-24-7-9-26(10-8-24)21(28)27-16-19(14-22-27)23-30(2)29/h11-14,16,23H,3-10,15H2,1-2H3. The summed E-state index contributed by atoms with van der Waals surface area (Å²) in [5, 5.41) is 4.10. The van der Waals surface area contributed by atoms with Crippen molar-refractivity contribution in [1.29, 1.82) is 0 Å². The maximum Gasteiger partial charge on any atom is 0.344 e. The highest BCUT2D eigenvalue weighted by molar-refractivity contribution is 7.85. The number of amides is 1. The molecule has 0 radical (unpaired) electrons. The van der Waals surface area contributed by atoms with Crippen LogP contribution in [0.3, 0.4) is 0 Å². The van der Waals surface area contributed by atoms with Crippen LogP contribution in [0, 0.1) is 6.92 Å². The molecule has 2 fully saturated rings. The highest BCUT2D eigenvalue weighted by atomic mass is 32.2. The van der Waals surface area contributed by atoms with Gasteiger partial charge in [0.15, 0.2) is 0 Å². The molecule has 2 saturated heterocycles. The van der Waals surface area contributed by atoms with E-state index in [9.17, 15) is 9.00 Å². The Balaban J connectivity index is 1.33. The molecule has 2 aromatic rings. The lowest BCUT2D eigenvalue weighted by atomic mass is 10.1. The summed E-state index contributed by atoms with van der Waals surface area (Å²) >= 11 is 0. The van der Waals surface area contributed by atoms with Crippen molar-refractivity contribution in [3.05, 3.63) is 41.7 Å². The highest BCUT2D eigenvalue weighted by Crippen LogP contribution is 2.24. The minimum absolute atomic E-state index is 0.142. The summed E-state index contributed by atoms with van der Waals surface area (Å²) in [5.74, 6) is 0. The zero-order valence-electron chi connectivity index (χ0n) is 17.7. The van der Waals surface area contributed by atoms with Crippen LogP contribution >= 0.6 is 0 Å². The van der Waals surface area contributed by atoms with Gasteiger partial charge in [0.1, 0.15) is 11.0 Å². The number of piperazine rings is 1. The molecule has 1 unspecified atom stereocenters. The predicted octanol–water partition coefficient (Wildman–Crippen LogP) is 2.28. The number of rotatable bonds is 5. The molecule has 1 atom stereocenters. The number of carbonyl (C=O) groups is 1. The van der Waals surface area contributed by atoms with Gasteiger partial charge in [-0.3, -0.25) is 4.90 Å². The van der Waals surface area contributed by atoms with Gasteiger partial charge in [-0.15, -0.1) is 0 Å². The van der Waals surface area contributed by atoms with E-state index in [2.05, 4.69) is 44.7 Å². The molecule has 0 saturated carbocycles. The van der Waals surface area contributed by atoms with E-state index in [0.29, 0.717) is 18.8 Å². The molecule has 30 heavy (non-hydrogen) atoms. The second-order valence-electron chi connectivity index (χ2n) is 8.15. The largest absolute Gasteiger partial charge is 0.372 e. The minimum Gasteiger partial charge on any atom is -0.372 e. The molecule has 4 rings (SSSR count). The Kier molecular flexibility index (Phi) is 6.38. The van der Waals surface area contributed by atoms with Crippen LogP contribution in [0.15, 0.2) is 30.6 Å². The Morgan fingerprint density at radius 2 is 1.83 bits per heavy atom. The van der Waals surface area contributed by atoms with E-state index >= 15 is 0 Å². The average molecular weight is 431 g/mol. The third-order valence-corrected chi connectivity index (χ3v) is 6.21. The summed E-state index contributed by atoms with van der Waals surface area (Å²) in [6.07, 6.45) is 7.21. The number of aromatic nitrogens is 2. The molecule has 8 nitrogen and oxygen atoms in total. The first kappa shape index (κ1) is 20.9. The summed E-state index contributed by atoms with van der Waals surface area (Å²) in [4.78, 5) is 19.4. The second kappa shape index (κ2) is 9.18. The van der Waals surface area contributed by atoms with Crippen molar-refractivity contribution in [2.75, 3.05) is 55.1 Å². The van der Waals surface area contributed by atoms with Crippen molar-refractivity contribution in [3.63, 3.8) is 0 Å². The number of anilines is 2. The Hall–Kier alpha value is -2.39.